The number of carbonyl (C=O) groups is 1. The molecule has 156 valence electrons. The Kier molecular flexibility index (Phi) is 8.36. The molecule has 2 aliphatic carbocycles. The maximum Gasteiger partial charge on any atom is 0.252 e. The third-order valence-corrected chi connectivity index (χ3v) is 7.25. The fourth-order valence-corrected chi connectivity index (χ4v) is 5.39. The molecule has 0 aliphatic heterocycles. The van der Waals surface area contributed by atoms with Crippen molar-refractivity contribution in [1.82, 2.24) is 10.6 Å². The van der Waals surface area contributed by atoms with Gasteiger partial charge in [0.25, 0.3) is 5.91 Å². The molecule has 0 unspecified atom stereocenters. The molecule has 1 amide bonds. The van der Waals surface area contributed by atoms with Crippen molar-refractivity contribution in [3.63, 3.8) is 0 Å². The molecule has 0 spiro atoms. The standard InChI is InChI=1S/C22H34ClN3OS/c1-28-13-12-24-10-11-25-18-6-7-20(23)19(14-18)21(27)26-16-22-8-2-4-17(15-22)5-3-9-22/h6-7,14,17,24-25H,2-5,8-13,15-16H2,1H3,(H,26,27). The number of hydrogen-bond acceptors (Lipinski definition) is 4. The van der Waals surface area contributed by atoms with Crippen molar-refractivity contribution in [1.29, 1.82) is 0 Å². The minimum atomic E-state index is -0.0474. The zero-order valence-electron chi connectivity index (χ0n) is 17.0. The monoisotopic (exact) mass is 423 g/mol. The molecule has 4 nitrogen and oxygen atoms in total. The normalized spacial score (nSPS) is 24.0. The van der Waals surface area contributed by atoms with E-state index in [2.05, 4.69) is 22.2 Å². The number of rotatable bonds is 10. The van der Waals surface area contributed by atoms with Crippen molar-refractivity contribution >= 4 is 35.0 Å². The van der Waals surface area contributed by atoms with Crippen LogP contribution in [-0.2, 0) is 0 Å². The summed E-state index contributed by atoms with van der Waals surface area (Å²) in [6, 6.07) is 5.63. The average molecular weight is 424 g/mol. The van der Waals surface area contributed by atoms with E-state index in [4.69, 9.17) is 11.6 Å². The molecule has 28 heavy (non-hydrogen) atoms. The molecule has 6 heteroatoms. The zero-order valence-corrected chi connectivity index (χ0v) is 18.6. The molecule has 0 atom stereocenters. The summed E-state index contributed by atoms with van der Waals surface area (Å²) in [5.41, 5.74) is 1.83. The highest BCUT2D eigenvalue weighted by Crippen LogP contribution is 2.48. The molecule has 0 heterocycles. The number of hydrogen-bond donors (Lipinski definition) is 3. The second kappa shape index (κ2) is 10.7. The molecule has 0 aromatic heterocycles. The highest BCUT2D eigenvalue weighted by Gasteiger charge is 2.39. The Morgan fingerprint density at radius 1 is 1.21 bits per heavy atom. The van der Waals surface area contributed by atoms with Gasteiger partial charge in [-0.05, 0) is 55.1 Å². The highest BCUT2D eigenvalue weighted by atomic mass is 35.5. The van der Waals surface area contributed by atoms with Crippen molar-refractivity contribution < 1.29 is 4.79 Å². The van der Waals surface area contributed by atoms with Gasteiger partial charge in [0.1, 0.15) is 0 Å². The van der Waals surface area contributed by atoms with E-state index in [0.717, 1.165) is 43.5 Å². The van der Waals surface area contributed by atoms with Crippen molar-refractivity contribution in [2.24, 2.45) is 11.3 Å². The lowest BCUT2D eigenvalue weighted by molar-refractivity contribution is 0.0682. The van der Waals surface area contributed by atoms with Crippen LogP contribution in [0.1, 0.15) is 55.3 Å². The SMILES string of the molecule is CSCCNCCNc1ccc(Cl)c(C(=O)NCC23CCCC(CCC2)C3)c1. The van der Waals surface area contributed by atoms with Gasteiger partial charge in [-0.3, -0.25) is 4.79 Å². The first-order valence-corrected chi connectivity index (χ1v) is 12.4. The summed E-state index contributed by atoms with van der Waals surface area (Å²) in [7, 11) is 0. The van der Waals surface area contributed by atoms with Gasteiger partial charge in [-0.25, -0.2) is 0 Å². The van der Waals surface area contributed by atoms with Crippen LogP contribution in [0, 0.1) is 11.3 Å². The summed E-state index contributed by atoms with van der Waals surface area (Å²) in [5, 5.41) is 10.5. The predicted molar refractivity (Wildman–Crippen MR) is 122 cm³/mol. The first kappa shape index (κ1) is 21.8. The Hall–Kier alpha value is -0.910. The molecule has 2 bridgehead atoms. The van der Waals surface area contributed by atoms with E-state index in [0.29, 0.717) is 16.0 Å². The van der Waals surface area contributed by atoms with Crippen LogP contribution in [0.25, 0.3) is 0 Å². The van der Waals surface area contributed by atoms with Crippen LogP contribution in [0.15, 0.2) is 18.2 Å². The molecule has 1 aromatic rings. The second-order valence-electron chi connectivity index (χ2n) is 8.40. The Morgan fingerprint density at radius 3 is 2.75 bits per heavy atom. The fraction of sp³-hybridized carbons (Fsp3) is 0.682. The molecule has 1 aromatic carbocycles. The topological polar surface area (TPSA) is 53.2 Å². The lowest BCUT2D eigenvalue weighted by atomic mass is 9.62. The number of halogens is 1. The van der Waals surface area contributed by atoms with Crippen LogP contribution in [0.2, 0.25) is 5.02 Å². The Labute approximate surface area is 178 Å². The molecule has 0 radical (unpaired) electrons. The van der Waals surface area contributed by atoms with E-state index in [1.54, 1.807) is 0 Å². The summed E-state index contributed by atoms with van der Waals surface area (Å²) in [4.78, 5) is 12.8. The first-order chi connectivity index (χ1) is 13.6. The van der Waals surface area contributed by atoms with E-state index in [1.807, 2.05) is 30.0 Å². The van der Waals surface area contributed by atoms with E-state index in [-0.39, 0.29) is 5.91 Å². The van der Waals surface area contributed by atoms with E-state index in [9.17, 15) is 4.79 Å². The lowest BCUT2D eigenvalue weighted by Crippen LogP contribution is -2.43. The van der Waals surface area contributed by atoms with Gasteiger partial charge in [0.15, 0.2) is 0 Å². The number of fused-ring (bicyclic) bond motifs is 2. The maximum absolute atomic E-state index is 12.8. The maximum atomic E-state index is 12.8. The molecular weight excluding hydrogens is 390 g/mol. The fourth-order valence-electron chi connectivity index (χ4n) is 4.84. The molecule has 2 saturated carbocycles. The van der Waals surface area contributed by atoms with Crippen LogP contribution in [0.4, 0.5) is 5.69 Å². The largest absolute Gasteiger partial charge is 0.384 e. The number of carbonyl (C=O) groups excluding carboxylic acids is 1. The van der Waals surface area contributed by atoms with Crippen LogP contribution in [-0.4, -0.2) is 44.1 Å². The van der Waals surface area contributed by atoms with Gasteiger partial charge >= 0.3 is 0 Å². The molecule has 3 rings (SSSR count). The summed E-state index contributed by atoms with van der Waals surface area (Å²) in [6.07, 6.45) is 11.3. The van der Waals surface area contributed by atoms with Crippen LogP contribution < -0.4 is 16.0 Å². The van der Waals surface area contributed by atoms with E-state index < -0.39 is 0 Å². The summed E-state index contributed by atoms with van der Waals surface area (Å²) in [6.45, 7) is 3.52. The van der Waals surface area contributed by atoms with Crippen LogP contribution in [0.5, 0.6) is 0 Å². The zero-order chi connectivity index (χ0) is 19.8. The minimum absolute atomic E-state index is 0.0474. The van der Waals surface area contributed by atoms with Gasteiger partial charge in [-0.15, -0.1) is 0 Å². The van der Waals surface area contributed by atoms with Gasteiger partial charge in [-0.1, -0.05) is 37.3 Å². The van der Waals surface area contributed by atoms with Crippen molar-refractivity contribution in [2.45, 2.75) is 44.9 Å². The number of thioether (sulfide) groups is 1. The van der Waals surface area contributed by atoms with Crippen LogP contribution in [0.3, 0.4) is 0 Å². The predicted octanol–water partition coefficient (Wildman–Crippen LogP) is 4.79. The van der Waals surface area contributed by atoms with Gasteiger partial charge in [0.05, 0.1) is 10.6 Å². The third-order valence-electron chi connectivity index (χ3n) is 6.31. The van der Waals surface area contributed by atoms with E-state index >= 15 is 0 Å². The van der Waals surface area contributed by atoms with Crippen LogP contribution >= 0.6 is 23.4 Å². The Balaban J connectivity index is 1.51. The van der Waals surface area contributed by atoms with Crippen molar-refractivity contribution in [3.05, 3.63) is 28.8 Å². The quantitative estimate of drug-likeness (QED) is 0.473. The molecule has 2 aliphatic rings. The Morgan fingerprint density at radius 2 is 2.00 bits per heavy atom. The first-order valence-electron chi connectivity index (χ1n) is 10.6. The number of amides is 1. The molecule has 2 fully saturated rings. The average Bonchev–Trinajstić information content (AvgIpc) is 2.70. The molecule has 3 N–H and O–H groups in total. The Bertz CT molecular complexity index is 645. The minimum Gasteiger partial charge on any atom is -0.384 e. The van der Waals surface area contributed by atoms with Gasteiger partial charge in [0, 0.05) is 37.6 Å². The van der Waals surface area contributed by atoms with Crippen molar-refractivity contribution in [3.8, 4) is 0 Å². The second-order valence-corrected chi connectivity index (χ2v) is 9.79. The van der Waals surface area contributed by atoms with Gasteiger partial charge in [0.2, 0.25) is 0 Å². The third kappa shape index (κ3) is 6.04. The summed E-state index contributed by atoms with van der Waals surface area (Å²) < 4.78 is 0. The van der Waals surface area contributed by atoms with Gasteiger partial charge in [-0.2, -0.15) is 11.8 Å². The van der Waals surface area contributed by atoms with E-state index in [1.165, 1.54) is 44.9 Å². The number of anilines is 1. The summed E-state index contributed by atoms with van der Waals surface area (Å²) >= 11 is 8.17. The number of benzene rings is 1. The smallest absolute Gasteiger partial charge is 0.252 e. The summed E-state index contributed by atoms with van der Waals surface area (Å²) in [5.74, 6) is 1.95. The molecular formula is C22H34ClN3OS. The lowest BCUT2D eigenvalue weighted by Gasteiger charge is -2.45. The molecule has 0 saturated heterocycles. The van der Waals surface area contributed by atoms with Crippen molar-refractivity contribution in [2.75, 3.05) is 43.5 Å². The van der Waals surface area contributed by atoms with Gasteiger partial charge < -0.3 is 16.0 Å². The number of nitrogens with one attached hydrogen (secondary N) is 3. The highest BCUT2D eigenvalue weighted by molar-refractivity contribution is 7.98.